The third kappa shape index (κ3) is 4.33. The second kappa shape index (κ2) is 6.64. The van der Waals surface area contributed by atoms with Gasteiger partial charge in [-0.15, -0.1) is 0 Å². The van der Waals surface area contributed by atoms with Gasteiger partial charge in [0.15, 0.2) is 0 Å². The molecule has 118 valence electrons. The molecule has 21 heavy (non-hydrogen) atoms. The first-order valence-corrected chi connectivity index (χ1v) is 7.36. The molecule has 1 unspecified atom stereocenters. The van der Waals surface area contributed by atoms with Gasteiger partial charge in [-0.05, 0) is 24.5 Å². The lowest BCUT2D eigenvalue weighted by Crippen LogP contribution is -2.42. The summed E-state index contributed by atoms with van der Waals surface area (Å²) in [7, 11) is 0. The smallest absolute Gasteiger partial charge is 0.369 e. The van der Waals surface area contributed by atoms with Gasteiger partial charge in [0.25, 0.3) is 0 Å². The van der Waals surface area contributed by atoms with Crippen LogP contribution in [-0.2, 0) is 6.54 Å². The van der Waals surface area contributed by atoms with Crippen LogP contribution < -0.4 is 10.2 Å². The number of alkyl halides is 3. The zero-order valence-corrected chi connectivity index (χ0v) is 12.5. The number of hydrogen-bond acceptors (Lipinski definition) is 3. The average molecular weight is 301 g/mol. The number of piperidine rings is 1. The van der Waals surface area contributed by atoms with Gasteiger partial charge >= 0.3 is 6.18 Å². The molecule has 0 bridgehead atoms. The van der Waals surface area contributed by atoms with Crippen LogP contribution in [0.2, 0.25) is 0 Å². The van der Waals surface area contributed by atoms with E-state index in [2.05, 4.69) is 10.3 Å². The highest BCUT2D eigenvalue weighted by Gasteiger charge is 2.42. The molecule has 6 heteroatoms. The fourth-order valence-electron chi connectivity index (χ4n) is 2.63. The Morgan fingerprint density at radius 1 is 1.43 bits per heavy atom. The third-order valence-electron chi connectivity index (χ3n) is 3.81. The maximum absolute atomic E-state index is 12.9. The molecule has 0 spiro atoms. The molecule has 3 nitrogen and oxygen atoms in total. The summed E-state index contributed by atoms with van der Waals surface area (Å²) in [5, 5.41) is 3.31. The topological polar surface area (TPSA) is 28.2 Å². The normalized spacial score (nSPS) is 20.1. The lowest BCUT2D eigenvalue weighted by molar-refractivity contribution is -0.176. The number of nitrogens with zero attached hydrogens (tertiary/aromatic N) is 2. The molecular weight excluding hydrogens is 279 g/mol. The van der Waals surface area contributed by atoms with Crippen LogP contribution in [0.4, 0.5) is 18.9 Å². The number of hydrogen-bond donors (Lipinski definition) is 1. The molecule has 0 saturated carbocycles. The molecule has 1 fully saturated rings. The minimum atomic E-state index is -4.11. The lowest BCUT2D eigenvalue weighted by atomic mass is 9.96. The summed E-state index contributed by atoms with van der Waals surface area (Å²) in [6.45, 7) is 5.42. The molecule has 1 atom stereocenters. The van der Waals surface area contributed by atoms with Gasteiger partial charge < -0.3 is 10.2 Å². The maximum Gasteiger partial charge on any atom is 0.393 e. The zero-order valence-electron chi connectivity index (χ0n) is 12.5. The molecule has 2 heterocycles. The molecule has 1 aliphatic heterocycles. The van der Waals surface area contributed by atoms with Gasteiger partial charge in [-0.1, -0.05) is 13.8 Å². The van der Waals surface area contributed by atoms with Crippen LogP contribution >= 0.6 is 0 Å². The second-order valence-electron chi connectivity index (χ2n) is 5.87. The van der Waals surface area contributed by atoms with Crippen molar-refractivity contribution < 1.29 is 13.2 Å². The Balaban J connectivity index is 2.13. The minimum Gasteiger partial charge on any atom is -0.369 e. The highest BCUT2D eigenvalue weighted by atomic mass is 19.4. The summed E-state index contributed by atoms with van der Waals surface area (Å²) in [6.07, 6.45) is 0.0370. The van der Waals surface area contributed by atoms with Crippen LogP contribution in [0.5, 0.6) is 0 Å². The van der Waals surface area contributed by atoms with Crippen molar-refractivity contribution in [2.24, 2.45) is 5.92 Å². The van der Waals surface area contributed by atoms with Gasteiger partial charge in [-0.3, -0.25) is 4.98 Å². The first-order chi connectivity index (χ1) is 9.88. The van der Waals surface area contributed by atoms with E-state index in [9.17, 15) is 13.2 Å². The van der Waals surface area contributed by atoms with Crippen LogP contribution in [0.1, 0.15) is 32.3 Å². The van der Waals surface area contributed by atoms with Crippen molar-refractivity contribution in [3.05, 3.63) is 24.0 Å². The van der Waals surface area contributed by atoms with Crippen LogP contribution in [-0.4, -0.2) is 30.3 Å². The number of nitrogens with one attached hydrogen (secondary N) is 1. The van der Waals surface area contributed by atoms with Gasteiger partial charge in [-0.2, -0.15) is 13.2 Å². The summed E-state index contributed by atoms with van der Waals surface area (Å²) in [5.41, 5.74) is 1.82. The van der Waals surface area contributed by atoms with Crippen LogP contribution in [0.15, 0.2) is 18.5 Å². The first kappa shape index (κ1) is 16.1. The van der Waals surface area contributed by atoms with E-state index in [1.54, 1.807) is 12.4 Å². The van der Waals surface area contributed by atoms with E-state index in [-0.39, 0.29) is 13.0 Å². The number of anilines is 1. The molecule has 1 N–H and O–H groups in total. The van der Waals surface area contributed by atoms with E-state index < -0.39 is 12.1 Å². The van der Waals surface area contributed by atoms with E-state index in [1.165, 1.54) is 0 Å². The molecule has 0 aliphatic carbocycles. The summed E-state index contributed by atoms with van der Waals surface area (Å²) in [4.78, 5) is 5.91. The second-order valence-corrected chi connectivity index (χ2v) is 5.87. The summed E-state index contributed by atoms with van der Waals surface area (Å²) >= 11 is 0. The van der Waals surface area contributed by atoms with Crippen LogP contribution in [0.25, 0.3) is 0 Å². The van der Waals surface area contributed by atoms with E-state index >= 15 is 0 Å². The number of pyridine rings is 1. The Kier molecular flexibility index (Phi) is 5.08. The Morgan fingerprint density at radius 3 is 2.86 bits per heavy atom. The molecule has 1 saturated heterocycles. The zero-order chi connectivity index (χ0) is 15.5. The molecular formula is C15H22F3N3. The molecule has 1 aromatic rings. The minimum absolute atomic E-state index is 0.0316. The third-order valence-corrected chi connectivity index (χ3v) is 3.81. The van der Waals surface area contributed by atoms with Crippen LogP contribution in [0, 0.1) is 5.92 Å². The average Bonchev–Trinajstić information content (AvgIpc) is 2.44. The summed E-state index contributed by atoms with van der Waals surface area (Å²) in [6, 6.07) is 2.21. The fourth-order valence-corrected chi connectivity index (χ4v) is 2.63. The van der Waals surface area contributed by atoms with Gasteiger partial charge in [0.2, 0.25) is 0 Å². The molecule has 2 rings (SSSR count). The standard InChI is InChI=1S/C15H22F3N3/c1-11(2)20-8-12-5-6-19-9-14(12)21-7-3-4-13(10-21)15(16,17)18/h5-6,9,11,13,20H,3-4,7-8,10H2,1-2H3. The fraction of sp³-hybridized carbons (Fsp3) is 0.667. The highest BCUT2D eigenvalue weighted by molar-refractivity contribution is 5.52. The van der Waals surface area contributed by atoms with Crippen molar-refractivity contribution in [3.8, 4) is 0 Å². The van der Waals surface area contributed by atoms with Crippen molar-refractivity contribution in [1.82, 2.24) is 10.3 Å². The van der Waals surface area contributed by atoms with Crippen molar-refractivity contribution in [3.63, 3.8) is 0 Å². The Labute approximate surface area is 123 Å². The van der Waals surface area contributed by atoms with E-state index in [0.717, 1.165) is 11.3 Å². The predicted molar refractivity (Wildman–Crippen MR) is 77.2 cm³/mol. The maximum atomic E-state index is 12.9. The SMILES string of the molecule is CC(C)NCc1ccncc1N1CCCC(C(F)(F)F)C1. The Hall–Kier alpha value is -1.30. The van der Waals surface area contributed by atoms with Crippen molar-refractivity contribution >= 4 is 5.69 Å². The number of halogens is 3. The summed E-state index contributed by atoms with van der Waals surface area (Å²) < 4.78 is 38.8. The predicted octanol–water partition coefficient (Wildman–Crippen LogP) is 3.36. The van der Waals surface area contributed by atoms with Crippen molar-refractivity contribution in [2.75, 3.05) is 18.0 Å². The van der Waals surface area contributed by atoms with Gasteiger partial charge in [0.05, 0.1) is 17.8 Å². The highest BCUT2D eigenvalue weighted by Crippen LogP contribution is 2.35. The van der Waals surface area contributed by atoms with Gasteiger partial charge in [-0.25, -0.2) is 0 Å². The van der Waals surface area contributed by atoms with Crippen molar-refractivity contribution in [2.45, 2.75) is 45.5 Å². The van der Waals surface area contributed by atoms with Gasteiger partial charge in [0, 0.05) is 31.9 Å². The van der Waals surface area contributed by atoms with E-state index in [4.69, 9.17) is 0 Å². The molecule has 0 radical (unpaired) electrons. The van der Waals surface area contributed by atoms with Crippen molar-refractivity contribution in [1.29, 1.82) is 0 Å². The van der Waals surface area contributed by atoms with E-state index in [1.807, 2.05) is 24.8 Å². The first-order valence-electron chi connectivity index (χ1n) is 7.36. The summed E-state index contributed by atoms with van der Waals surface area (Å²) in [5.74, 6) is -1.24. The van der Waals surface area contributed by atoms with Gasteiger partial charge in [0.1, 0.15) is 0 Å². The molecule has 0 amide bonds. The Morgan fingerprint density at radius 2 is 2.19 bits per heavy atom. The quantitative estimate of drug-likeness (QED) is 0.924. The molecule has 1 aliphatic rings. The number of rotatable bonds is 4. The monoisotopic (exact) mass is 301 g/mol. The van der Waals surface area contributed by atoms with Crippen LogP contribution in [0.3, 0.4) is 0 Å². The Bertz CT molecular complexity index is 460. The molecule has 1 aromatic heterocycles. The number of aromatic nitrogens is 1. The largest absolute Gasteiger partial charge is 0.393 e. The van der Waals surface area contributed by atoms with E-state index in [0.29, 0.717) is 25.6 Å². The molecule has 0 aromatic carbocycles. The lowest BCUT2D eigenvalue weighted by Gasteiger charge is -2.36.